The first-order chi connectivity index (χ1) is 25.1. The summed E-state index contributed by atoms with van der Waals surface area (Å²) in [6, 6.07) is 22.4. The fourth-order valence-electron chi connectivity index (χ4n) is 8.33. The van der Waals surface area contributed by atoms with E-state index >= 15 is 9.59 Å². The van der Waals surface area contributed by atoms with Gasteiger partial charge in [-0.25, -0.2) is 0 Å². The lowest BCUT2D eigenvalue weighted by Gasteiger charge is -2.39. The summed E-state index contributed by atoms with van der Waals surface area (Å²) in [6.07, 6.45) is 4.68. The van der Waals surface area contributed by atoms with Crippen LogP contribution in [-0.2, 0) is 35.1 Å². The molecule has 270 valence electrons. The Bertz CT molecular complexity index is 1900. The molecule has 3 aromatic carbocycles. The van der Waals surface area contributed by atoms with Crippen LogP contribution in [0.5, 0.6) is 0 Å². The average molecular weight is 769 g/mol. The van der Waals surface area contributed by atoms with Gasteiger partial charge in [0.25, 0.3) is 5.91 Å². The zero-order valence-corrected chi connectivity index (χ0v) is 30.7. The minimum absolute atomic E-state index is 0.0363. The summed E-state index contributed by atoms with van der Waals surface area (Å²) < 4.78 is 13.5. The van der Waals surface area contributed by atoms with Crippen LogP contribution in [0.25, 0.3) is 0 Å². The van der Waals surface area contributed by atoms with E-state index in [-0.39, 0.29) is 31.8 Å². The van der Waals surface area contributed by atoms with E-state index in [1.165, 1.54) is 4.90 Å². The van der Waals surface area contributed by atoms with Gasteiger partial charge in [0.1, 0.15) is 29.8 Å². The number of halogens is 1. The van der Waals surface area contributed by atoms with Crippen molar-refractivity contribution in [1.82, 2.24) is 10.2 Å². The highest BCUT2D eigenvalue weighted by molar-refractivity contribution is 9.11. The number of anilines is 1. The largest absolute Gasteiger partial charge is 0.455 e. The van der Waals surface area contributed by atoms with E-state index in [9.17, 15) is 14.7 Å². The van der Waals surface area contributed by atoms with Crippen LogP contribution in [0.2, 0.25) is 0 Å². The molecular formula is C41H42BrN3O7. The van der Waals surface area contributed by atoms with Crippen LogP contribution < -0.4 is 10.2 Å². The summed E-state index contributed by atoms with van der Waals surface area (Å²) in [5, 5.41) is 13.9. The molecule has 4 aliphatic rings. The second-order valence-corrected chi connectivity index (χ2v) is 14.9. The lowest BCUT2D eigenvalue weighted by atomic mass is 9.74. The van der Waals surface area contributed by atoms with E-state index in [4.69, 9.17) is 9.47 Å². The van der Waals surface area contributed by atoms with Crippen molar-refractivity contribution in [3.05, 3.63) is 124 Å². The highest BCUT2D eigenvalue weighted by Gasteiger charge is 2.75. The van der Waals surface area contributed by atoms with E-state index in [1.54, 1.807) is 11.0 Å². The molecule has 4 aliphatic heterocycles. The minimum atomic E-state index is -1.53. The quantitative estimate of drug-likeness (QED) is 0.271. The van der Waals surface area contributed by atoms with Crippen molar-refractivity contribution < 1.29 is 33.8 Å². The lowest BCUT2D eigenvalue weighted by Crippen LogP contribution is -2.59. The molecule has 7 atom stereocenters. The maximum atomic E-state index is 15.4. The molecule has 1 spiro atoms. The standard InChI is InChI=1S/C41H42BrN3O7/c1-25-13-12-14-26(2)35(25)44-20-11-5-10-19-32(47)43-23-31(28-17-8-4-9-18-28)51-40(50)33-34-38(48)45(29(24-46)21-27-15-6-3-7-16-27)37(39(44)49)41(34)22-30(42)36(33)52-41/h3-9,11-18,22,29,31,33-34,36-37,46H,10,19-21,23-24H2,1-2H3,(H,43,47)/b11-5-/t29-,31+,33+,34-,36+,37+,41-/m1/s1. The highest BCUT2D eigenvalue weighted by atomic mass is 79.9. The fraction of sp³-hybridized carbons (Fsp3) is 0.366. The predicted octanol–water partition coefficient (Wildman–Crippen LogP) is 4.86. The molecule has 2 fully saturated rings. The number of ether oxygens (including phenoxy) is 2. The zero-order chi connectivity index (χ0) is 36.6. The smallest absolute Gasteiger partial charge is 0.313 e. The Morgan fingerprint density at radius 2 is 1.62 bits per heavy atom. The molecular weight excluding hydrogens is 726 g/mol. The maximum Gasteiger partial charge on any atom is 0.313 e. The minimum Gasteiger partial charge on any atom is -0.455 e. The number of aryl methyl sites for hydroxylation is 2. The van der Waals surface area contributed by atoms with Crippen molar-refractivity contribution in [1.29, 1.82) is 0 Å². The van der Waals surface area contributed by atoms with Gasteiger partial charge in [-0.3, -0.25) is 19.2 Å². The zero-order valence-electron chi connectivity index (χ0n) is 29.1. The van der Waals surface area contributed by atoms with E-state index in [1.807, 2.05) is 105 Å². The molecule has 52 heavy (non-hydrogen) atoms. The Hall–Kier alpha value is -4.58. The number of fused-ring (bicyclic) bond motifs is 2. The number of cyclic esters (lactones) is 1. The number of nitrogens with zero attached hydrogens (tertiary/aromatic N) is 2. The molecule has 3 aromatic rings. The molecule has 0 aromatic heterocycles. The number of hydrogen-bond acceptors (Lipinski definition) is 7. The van der Waals surface area contributed by atoms with E-state index in [0.29, 0.717) is 22.2 Å². The van der Waals surface area contributed by atoms with Gasteiger partial charge in [0.05, 0.1) is 25.1 Å². The third kappa shape index (κ3) is 6.39. The number of para-hydroxylation sites is 1. The second kappa shape index (κ2) is 14.8. The van der Waals surface area contributed by atoms with Crippen molar-refractivity contribution in [3.8, 4) is 0 Å². The number of rotatable bonds is 6. The first-order valence-corrected chi connectivity index (χ1v) is 18.5. The van der Waals surface area contributed by atoms with Crippen molar-refractivity contribution in [2.45, 2.75) is 63.0 Å². The molecule has 0 radical (unpaired) electrons. The van der Waals surface area contributed by atoms with Crippen LogP contribution in [0.15, 0.2) is 102 Å². The summed E-state index contributed by atoms with van der Waals surface area (Å²) >= 11 is 3.63. The van der Waals surface area contributed by atoms with Gasteiger partial charge in [-0.15, -0.1) is 0 Å². The molecule has 2 saturated heterocycles. The number of aliphatic hydroxyl groups is 1. The number of allylic oxidation sites excluding steroid dienone is 1. The molecule has 5 bridgehead atoms. The molecule has 7 rings (SSSR count). The number of likely N-dealkylation sites (tertiary alicyclic amines) is 1. The number of nitrogens with one attached hydrogen (secondary N) is 1. The normalized spacial score (nSPS) is 29.0. The van der Waals surface area contributed by atoms with Crippen LogP contribution in [0.3, 0.4) is 0 Å². The first kappa shape index (κ1) is 35.8. The molecule has 0 unspecified atom stereocenters. The Morgan fingerprint density at radius 3 is 2.31 bits per heavy atom. The molecule has 0 saturated carbocycles. The predicted molar refractivity (Wildman–Crippen MR) is 198 cm³/mol. The SMILES string of the molecule is Cc1cccc(C)c1N1C/C=C\CCC(=O)NC[C@@H](c2ccccc2)OC(=O)[C@@H]2[C@H]3O[C@@]4(C=C3Br)[C@H](C1=O)N([C@@H](CO)Cc1ccccc1)C(=O)[C@@H]24. The molecule has 2 N–H and O–H groups in total. The summed E-state index contributed by atoms with van der Waals surface area (Å²) in [6.45, 7) is 3.63. The lowest BCUT2D eigenvalue weighted by molar-refractivity contribution is -0.160. The average Bonchev–Trinajstić information content (AvgIpc) is 3.74. The van der Waals surface area contributed by atoms with E-state index in [0.717, 1.165) is 16.7 Å². The van der Waals surface area contributed by atoms with Crippen molar-refractivity contribution >= 4 is 45.3 Å². The number of esters is 1. The van der Waals surface area contributed by atoms with Crippen molar-refractivity contribution in [3.63, 3.8) is 0 Å². The molecule has 10 nitrogen and oxygen atoms in total. The Morgan fingerprint density at radius 1 is 0.923 bits per heavy atom. The number of benzene rings is 3. The van der Waals surface area contributed by atoms with Gasteiger partial charge in [-0.2, -0.15) is 0 Å². The number of hydrogen-bond donors (Lipinski definition) is 2. The summed E-state index contributed by atoms with van der Waals surface area (Å²) in [7, 11) is 0. The number of aliphatic hydroxyl groups excluding tert-OH is 1. The van der Waals surface area contributed by atoms with Crippen LogP contribution in [0, 0.1) is 25.7 Å². The molecule has 4 heterocycles. The third-order valence-electron chi connectivity index (χ3n) is 10.7. The maximum absolute atomic E-state index is 15.4. The topological polar surface area (TPSA) is 125 Å². The van der Waals surface area contributed by atoms with Gasteiger partial charge in [0.15, 0.2) is 0 Å². The molecule has 0 aliphatic carbocycles. The monoisotopic (exact) mass is 767 g/mol. The van der Waals surface area contributed by atoms with Gasteiger partial charge in [-0.05, 0) is 55.0 Å². The van der Waals surface area contributed by atoms with E-state index in [2.05, 4.69) is 21.2 Å². The van der Waals surface area contributed by atoms with Crippen LogP contribution >= 0.6 is 15.9 Å². The Kier molecular flexibility index (Phi) is 10.2. The van der Waals surface area contributed by atoms with Gasteiger partial charge in [-0.1, -0.05) is 107 Å². The molecule has 3 amide bonds. The van der Waals surface area contributed by atoms with Crippen molar-refractivity contribution in [2.24, 2.45) is 11.8 Å². The highest BCUT2D eigenvalue weighted by Crippen LogP contribution is 2.59. The number of carbonyl (C=O) groups is 4. The van der Waals surface area contributed by atoms with Gasteiger partial charge in [0, 0.05) is 23.1 Å². The fourth-order valence-corrected chi connectivity index (χ4v) is 9.06. The van der Waals surface area contributed by atoms with Crippen molar-refractivity contribution in [2.75, 3.05) is 24.6 Å². The van der Waals surface area contributed by atoms with Crippen LogP contribution in [0.1, 0.15) is 41.2 Å². The summed E-state index contributed by atoms with van der Waals surface area (Å²) in [4.78, 5) is 61.0. The number of amides is 3. The first-order valence-electron chi connectivity index (χ1n) is 17.7. The van der Waals surface area contributed by atoms with Gasteiger partial charge >= 0.3 is 5.97 Å². The Labute approximate surface area is 311 Å². The van der Waals surface area contributed by atoms with E-state index < -0.39 is 66.1 Å². The van der Waals surface area contributed by atoms with Gasteiger partial charge in [0.2, 0.25) is 11.8 Å². The van der Waals surface area contributed by atoms with Crippen LogP contribution in [-0.4, -0.2) is 77.2 Å². The summed E-state index contributed by atoms with van der Waals surface area (Å²) in [5.74, 6) is -3.96. The Balaban J connectivity index is 1.38. The number of carbonyl (C=O) groups excluding carboxylic acids is 4. The second-order valence-electron chi connectivity index (χ2n) is 13.9. The molecule has 11 heteroatoms. The third-order valence-corrected chi connectivity index (χ3v) is 11.4. The van der Waals surface area contributed by atoms with Gasteiger partial charge < -0.3 is 29.7 Å². The summed E-state index contributed by atoms with van der Waals surface area (Å²) in [5.41, 5.74) is 2.45. The van der Waals surface area contributed by atoms with Crippen LogP contribution in [0.4, 0.5) is 5.69 Å².